The number of carbonyl (C=O) groups is 2. The van der Waals surface area contributed by atoms with Crippen LogP contribution in [0.2, 0.25) is 0 Å². The smallest absolute Gasteiger partial charge is 0.318 e. The number of amides is 1. The lowest BCUT2D eigenvalue weighted by molar-refractivity contribution is -0.137. The lowest BCUT2D eigenvalue weighted by Crippen LogP contribution is -2.40. The average molecular weight is 328 g/mol. The first-order chi connectivity index (χ1) is 10.1. The van der Waals surface area contributed by atoms with Crippen molar-refractivity contribution in [2.45, 2.75) is 38.3 Å². The van der Waals surface area contributed by atoms with Gasteiger partial charge in [0.05, 0.1) is 4.90 Å². The van der Waals surface area contributed by atoms with Crippen molar-refractivity contribution in [3.05, 3.63) is 29.8 Å². The van der Waals surface area contributed by atoms with Gasteiger partial charge in [-0.05, 0) is 31.5 Å². The number of hydrogen-bond donors (Lipinski definition) is 2. The zero-order valence-corrected chi connectivity index (χ0v) is 13.6. The molecule has 0 heterocycles. The van der Waals surface area contributed by atoms with E-state index in [4.69, 9.17) is 5.11 Å². The third kappa shape index (κ3) is 4.81. The molecule has 1 aromatic carbocycles. The summed E-state index contributed by atoms with van der Waals surface area (Å²) in [4.78, 5) is 21.7. The molecule has 0 bridgehead atoms. The number of carbonyl (C=O) groups excluding carboxylic acids is 1. The minimum absolute atomic E-state index is 0.0222. The van der Waals surface area contributed by atoms with Crippen LogP contribution in [0.25, 0.3) is 0 Å². The maximum Gasteiger partial charge on any atom is 0.318 e. The zero-order chi connectivity index (χ0) is 16.9. The van der Waals surface area contributed by atoms with Gasteiger partial charge in [0.1, 0.15) is 6.54 Å². The Bertz CT molecular complexity index is 638. The maximum absolute atomic E-state index is 12.5. The van der Waals surface area contributed by atoms with Crippen LogP contribution in [0.5, 0.6) is 0 Å². The first-order valence-corrected chi connectivity index (χ1v) is 8.15. The van der Waals surface area contributed by atoms with Gasteiger partial charge < -0.3 is 10.4 Å². The number of hydrogen-bond acceptors (Lipinski definition) is 4. The summed E-state index contributed by atoms with van der Waals surface area (Å²) in [6.45, 7) is 4.34. The Morgan fingerprint density at radius 2 is 1.77 bits per heavy atom. The molecule has 0 radical (unpaired) electrons. The maximum atomic E-state index is 12.5. The summed E-state index contributed by atoms with van der Waals surface area (Å²) >= 11 is 0. The first kappa shape index (κ1) is 18.1. The summed E-state index contributed by atoms with van der Waals surface area (Å²) in [7, 11) is -3.88. The van der Waals surface area contributed by atoms with Gasteiger partial charge >= 0.3 is 5.97 Å². The Morgan fingerprint density at radius 1 is 1.23 bits per heavy atom. The van der Waals surface area contributed by atoms with Gasteiger partial charge in [-0.15, -0.1) is 0 Å². The molecule has 7 nitrogen and oxygen atoms in total. The second-order valence-corrected chi connectivity index (χ2v) is 6.98. The van der Waals surface area contributed by atoms with Crippen LogP contribution < -0.4 is 5.32 Å². The second-order valence-electron chi connectivity index (χ2n) is 5.09. The van der Waals surface area contributed by atoms with Crippen molar-refractivity contribution >= 4 is 21.9 Å². The van der Waals surface area contributed by atoms with E-state index in [0.717, 1.165) is 9.87 Å². The quantitative estimate of drug-likeness (QED) is 0.771. The van der Waals surface area contributed by atoms with Gasteiger partial charge in [0, 0.05) is 19.5 Å². The topological polar surface area (TPSA) is 104 Å². The monoisotopic (exact) mass is 328 g/mol. The normalized spacial score (nSPS) is 11.7. The third-order valence-corrected chi connectivity index (χ3v) is 4.97. The predicted molar refractivity (Wildman–Crippen MR) is 80.6 cm³/mol. The van der Waals surface area contributed by atoms with Gasteiger partial charge in [0.25, 0.3) is 0 Å². The van der Waals surface area contributed by atoms with Gasteiger partial charge in [-0.1, -0.05) is 12.1 Å². The molecule has 122 valence electrons. The van der Waals surface area contributed by atoms with Crippen molar-refractivity contribution in [1.29, 1.82) is 0 Å². The molecule has 0 aromatic heterocycles. The van der Waals surface area contributed by atoms with E-state index < -0.39 is 28.6 Å². The SMILES string of the molecule is CC(=O)NCc1ccc(S(=O)(=O)N(CC(=O)O)C(C)C)cc1. The van der Waals surface area contributed by atoms with Crippen molar-refractivity contribution in [3.8, 4) is 0 Å². The number of nitrogens with zero attached hydrogens (tertiary/aromatic N) is 1. The van der Waals surface area contributed by atoms with Crippen molar-refractivity contribution in [3.63, 3.8) is 0 Å². The fourth-order valence-corrected chi connectivity index (χ4v) is 3.41. The van der Waals surface area contributed by atoms with Crippen molar-refractivity contribution < 1.29 is 23.1 Å². The van der Waals surface area contributed by atoms with E-state index in [1.54, 1.807) is 26.0 Å². The molecular formula is C14H20N2O5S. The highest BCUT2D eigenvalue weighted by Gasteiger charge is 2.28. The molecule has 1 aromatic rings. The standard InChI is InChI=1S/C14H20N2O5S/c1-10(2)16(9-14(18)19)22(20,21)13-6-4-12(5-7-13)8-15-11(3)17/h4-7,10H,8-9H2,1-3H3,(H,15,17)(H,18,19). The van der Waals surface area contributed by atoms with Crippen LogP contribution in [-0.4, -0.2) is 42.3 Å². The number of nitrogens with one attached hydrogen (secondary N) is 1. The number of carboxylic acids is 1. The number of aliphatic carboxylic acids is 1. The van der Waals surface area contributed by atoms with E-state index in [9.17, 15) is 18.0 Å². The van der Waals surface area contributed by atoms with Crippen LogP contribution in [0, 0.1) is 0 Å². The second kappa shape index (κ2) is 7.37. The Hall–Kier alpha value is -1.93. The lowest BCUT2D eigenvalue weighted by atomic mass is 10.2. The predicted octanol–water partition coefficient (Wildman–Crippen LogP) is 0.806. The molecule has 0 aliphatic carbocycles. The van der Waals surface area contributed by atoms with Gasteiger partial charge in [-0.25, -0.2) is 8.42 Å². The Labute approximate surface area is 130 Å². The molecular weight excluding hydrogens is 308 g/mol. The van der Waals surface area contributed by atoms with E-state index >= 15 is 0 Å². The summed E-state index contributed by atoms with van der Waals surface area (Å²) in [5, 5.41) is 11.5. The van der Waals surface area contributed by atoms with Gasteiger partial charge in [-0.3, -0.25) is 9.59 Å². The third-order valence-electron chi connectivity index (χ3n) is 2.94. The number of benzene rings is 1. The van der Waals surface area contributed by atoms with Crippen LogP contribution in [0.1, 0.15) is 26.3 Å². The summed E-state index contributed by atoms with van der Waals surface area (Å²) in [5.41, 5.74) is 0.753. The molecule has 8 heteroatoms. The Kier molecular flexibility index (Phi) is 6.07. The molecule has 0 saturated carbocycles. The molecule has 0 aliphatic heterocycles. The highest BCUT2D eigenvalue weighted by atomic mass is 32.2. The highest BCUT2D eigenvalue weighted by molar-refractivity contribution is 7.89. The van der Waals surface area contributed by atoms with Crippen molar-refractivity contribution in [2.24, 2.45) is 0 Å². The van der Waals surface area contributed by atoms with Crippen molar-refractivity contribution in [2.75, 3.05) is 6.54 Å². The van der Waals surface area contributed by atoms with Crippen LogP contribution in [0.3, 0.4) is 0 Å². The van der Waals surface area contributed by atoms with E-state index in [1.165, 1.54) is 19.1 Å². The fraction of sp³-hybridized carbons (Fsp3) is 0.429. The molecule has 0 unspecified atom stereocenters. The van der Waals surface area contributed by atoms with E-state index in [2.05, 4.69) is 5.32 Å². The summed E-state index contributed by atoms with van der Waals surface area (Å²) in [6, 6.07) is 5.51. The molecule has 2 N–H and O–H groups in total. The largest absolute Gasteiger partial charge is 0.480 e. The van der Waals surface area contributed by atoms with Crippen LogP contribution in [-0.2, 0) is 26.2 Å². The first-order valence-electron chi connectivity index (χ1n) is 6.71. The lowest BCUT2D eigenvalue weighted by Gasteiger charge is -2.24. The molecule has 0 saturated heterocycles. The van der Waals surface area contributed by atoms with Crippen LogP contribution in [0.4, 0.5) is 0 Å². The Morgan fingerprint density at radius 3 is 2.18 bits per heavy atom. The van der Waals surface area contributed by atoms with E-state index in [0.29, 0.717) is 6.54 Å². The Balaban J connectivity index is 3.01. The van der Waals surface area contributed by atoms with Gasteiger partial charge in [-0.2, -0.15) is 4.31 Å². The molecule has 0 aliphatic rings. The molecule has 1 rings (SSSR count). The van der Waals surface area contributed by atoms with Crippen LogP contribution in [0.15, 0.2) is 29.2 Å². The molecule has 0 atom stereocenters. The summed E-state index contributed by atoms with van der Waals surface area (Å²) in [6.07, 6.45) is 0. The average Bonchev–Trinajstić information content (AvgIpc) is 2.42. The minimum atomic E-state index is -3.88. The molecule has 0 spiro atoms. The number of rotatable bonds is 7. The summed E-state index contributed by atoms with van der Waals surface area (Å²) in [5.74, 6) is -1.39. The van der Waals surface area contributed by atoms with E-state index in [1.807, 2.05) is 0 Å². The summed E-state index contributed by atoms with van der Waals surface area (Å²) < 4.78 is 25.9. The molecule has 1 amide bonds. The fourth-order valence-electron chi connectivity index (χ4n) is 1.82. The number of sulfonamides is 1. The highest BCUT2D eigenvalue weighted by Crippen LogP contribution is 2.18. The minimum Gasteiger partial charge on any atom is -0.480 e. The van der Waals surface area contributed by atoms with Crippen molar-refractivity contribution in [1.82, 2.24) is 9.62 Å². The van der Waals surface area contributed by atoms with E-state index in [-0.39, 0.29) is 10.8 Å². The van der Waals surface area contributed by atoms with Gasteiger partial charge in [0.2, 0.25) is 15.9 Å². The zero-order valence-electron chi connectivity index (χ0n) is 12.7. The molecule has 22 heavy (non-hydrogen) atoms. The number of carboxylic acid groups (broad SMARTS) is 1. The molecule has 0 fully saturated rings. The van der Waals surface area contributed by atoms with Gasteiger partial charge in [0.15, 0.2) is 0 Å². The van der Waals surface area contributed by atoms with Crippen LogP contribution >= 0.6 is 0 Å².